The van der Waals surface area contributed by atoms with Crippen LogP contribution < -0.4 is 0 Å². The summed E-state index contributed by atoms with van der Waals surface area (Å²) in [4.78, 5) is 49.5. The number of Topliss-reactive ketones (excluding diaryl/α,β-unsaturated/α-hetero) is 1. The molecule has 1 saturated heterocycles. The van der Waals surface area contributed by atoms with E-state index in [1.165, 1.54) is 48.4 Å². The van der Waals surface area contributed by atoms with E-state index >= 15 is 0 Å². The van der Waals surface area contributed by atoms with Crippen LogP contribution in [0.5, 0.6) is 0 Å². The third-order valence-electron chi connectivity index (χ3n) is 5.53. The fourth-order valence-corrected chi connectivity index (χ4v) is 3.83. The normalized spacial score (nSPS) is 17.1. The molecular formula is C25H26N2O8. The number of nitro benzene ring substituents is 1. The molecule has 0 spiro atoms. The molecule has 1 N–H and O–H groups in total. The van der Waals surface area contributed by atoms with E-state index in [0.29, 0.717) is 18.6 Å². The molecule has 0 bridgehead atoms. The molecule has 184 valence electrons. The summed E-state index contributed by atoms with van der Waals surface area (Å²) in [7, 11) is 1.26. The molecule has 1 heterocycles. The van der Waals surface area contributed by atoms with Gasteiger partial charge in [0, 0.05) is 30.8 Å². The summed E-state index contributed by atoms with van der Waals surface area (Å²) < 4.78 is 10.3. The Labute approximate surface area is 201 Å². The van der Waals surface area contributed by atoms with Crippen LogP contribution >= 0.6 is 0 Å². The number of ether oxygens (including phenoxy) is 2. The number of hydrogen-bond donors (Lipinski definition) is 1. The van der Waals surface area contributed by atoms with Gasteiger partial charge in [-0.25, -0.2) is 4.79 Å². The van der Waals surface area contributed by atoms with Gasteiger partial charge in [-0.15, -0.1) is 0 Å². The lowest BCUT2D eigenvalue weighted by Gasteiger charge is -2.25. The lowest BCUT2D eigenvalue weighted by atomic mass is 9.94. The SMILES string of the molecule is COC(=O)c1ccc([C@H]2C(=C(O)c3ccc([N+](=O)[O-])cc3)C(=O)C(=O)N2CCCOC(C)C)cc1. The maximum Gasteiger partial charge on any atom is 0.337 e. The van der Waals surface area contributed by atoms with E-state index in [2.05, 4.69) is 0 Å². The molecule has 1 aliphatic heterocycles. The second-order valence-corrected chi connectivity index (χ2v) is 8.18. The number of aliphatic hydroxyl groups excluding tert-OH is 1. The predicted octanol–water partition coefficient (Wildman–Crippen LogP) is 3.62. The minimum atomic E-state index is -0.920. The maximum absolute atomic E-state index is 13.0. The highest BCUT2D eigenvalue weighted by Gasteiger charge is 2.45. The van der Waals surface area contributed by atoms with E-state index in [9.17, 15) is 29.6 Å². The van der Waals surface area contributed by atoms with Gasteiger partial charge >= 0.3 is 5.97 Å². The zero-order valence-electron chi connectivity index (χ0n) is 19.6. The number of ketones is 1. The minimum absolute atomic E-state index is 0.00853. The van der Waals surface area contributed by atoms with Crippen molar-refractivity contribution in [3.8, 4) is 0 Å². The monoisotopic (exact) mass is 482 g/mol. The molecule has 0 unspecified atom stereocenters. The van der Waals surface area contributed by atoms with Gasteiger partial charge in [0.1, 0.15) is 5.76 Å². The minimum Gasteiger partial charge on any atom is -0.507 e. The lowest BCUT2D eigenvalue weighted by Crippen LogP contribution is -2.31. The Morgan fingerprint density at radius 3 is 2.23 bits per heavy atom. The summed E-state index contributed by atoms with van der Waals surface area (Å²) in [6.45, 7) is 4.34. The first-order valence-electron chi connectivity index (χ1n) is 11.0. The average molecular weight is 482 g/mol. The molecular weight excluding hydrogens is 456 g/mol. The highest BCUT2D eigenvalue weighted by atomic mass is 16.6. The van der Waals surface area contributed by atoms with Crippen molar-refractivity contribution in [3.05, 3.63) is 80.9 Å². The van der Waals surface area contributed by atoms with Crippen molar-refractivity contribution >= 4 is 29.1 Å². The quantitative estimate of drug-likeness (QED) is 0.109. The van der Waals surface area contributed by atoms with E-state index in [4.69, 9.17) is 9.47 Å². The van der Waals surface area contributed by atoms with Crippen LogP contribution in [0, 0.1) is 10.1 Å². The van der Waals surface area contributed by atoms with Crippen molar-refractivity contribution in [1.82, 2.24) is 4.90 Å². The number of non-ortho nitro benzene ring substituents is 1. The molecule has 2 aromatic rings. The Morgan fingerprint density at radius 2 is 1.69 bits per heavy atom. The van der Waals surface area contributed by atoms with Gasteiger partial charge in [0.05, 0.1) is 35.3 Å². The van der Waals surface area contributed by atoms with Crippen LogP contribution in [0.3, 0.4) is 0 Å². The topological polar surface area (TPSA) is 136 Å². The molecule has 0 radical (unpaired) electrons. The molecule has 35 heavy (non-hydrogen) atoms. The number of hydrogen-bond acceptors (Lipinski definition) is 8. The smallest absolute Gasteiger partial charge is 0.337 e. The summed E-state index contributed by atoms with van der Waals surface area (Å²) in [5.41, 5.74) is 0.633. The molecule has 1 fully saturated rings. The fraction of sp³-hybridized carbons (Fsp3) is 0.320. The molecule has 10 nitrogen and oxygen atoms in total. The van der Waals surface area contributed by atoms with Crippen molar-refractivity contribution in [2.75, 3.05) is 20.3 Å². The number of esters is 1. The van der Waals surface area contributed by atoms with E-state index in [1.54, 1.807) is 12.1 Å². The molecule has 0 aromatic heterocycles. The number of benzene rings is 2. The van der Waals surface area contributed by atoms with Gasteiger partial charge < -0.3 is 19.5 Å². The van der Waals surface area contributed by atoms with Crippen LogP contribution in [0.4, 0.5) is 5.69 Å². The zero-order valence-corrected chi connectivity index (χ0v) is 19.6. The summed E-state index contributed by atoms with van der Waals surface area (Å²) in [5.74, 6) is -2.63. The Hall–Kier alpha value is -4.05. The Kier molecular flexibility index (Phi) is 7.98. The zero-order chi connectivity index (χ0) is 25.7. The average Bonchev–Trinajstić information content (AvgIpc) is 3.10. The van der Waals surface area contributed by atoms with Gasteiger partial charge in [-0.1, -0.05) is 12.1 Å². The number of likely N-dealkylation sites (tertiary alicyclic amines) is 1. The second kappa shape index (κ2) is 10.9. The number of aliphatic hydroxyl groups is 1. The van der Waals surface area contributed by atoms with Crippen LogP contribution in [-0.2, 0) is 19.1 Å². The van der Waals surface area contributed by atoms with Crippen LogP contribution in [-0.4, -0.2) is 59.0 Å². The van der Waals surface area contributed by atoms with Gasteiger partial charge in [-0.05, 0) is 50.1 Å². The van der Waals surface area contributed by atoms with E-state index < -0.39 is 34.4 Å². The maximum atomic E-state index is 13.0. The third kappa shape index (κ3) is 5.55. The van der Waals surface area contributed by atoms with Gasteiger partial charge in [-0.2, -0.15) is 0 Å². The highest BCUT2D eigenvalue weighted by Crippen LogP contribution is 2.39. The summed E-state index contributed by atoms with van der Waals surface area (Å²) in [6, 6.07) is 10.3. The van der Waals surface area contributed by atoms with Gasteiger partial charge in [0.25, 0.3) is 17.4 Å². The Bertz CT molecular complexity index is 1150. The molecule has 0 aliphatic carbocycles. The standard InChI is InChI=1S/C25H26N2O8/c1-15(2)35-14-4-13-26-21(16-5-7-18(8-6-16)25(31)34-3)20(23(29)24(26)30)22(28)17-9-11-19(12-10-17)27(32)33/h5-12,15,21,28H,4,13-14H2,1-3H3/t21-/m0/s1. The molecule has 1 amide bonds. The third-order valence-corrected chi connectivity index (χ3v) is 5.53. The van der Waals surface area contributed by atoms with Crippen LogP contribution in [0.25, 0.3) is 5.76 Å². The molecule has 1 aliphatic rings. The van der Waals surface area contributed by atoms with Crippen LogP contribution in [0.2, 0.25) is 0 Å². The largest absolute Gasteiger partial charge is 0.507 e. The number of carbonyl (C=O) groups excluding carboxylic acids is 3. The number of nitro groups is 1. The number of nitrogens with zero attached hydrogens (tertiary/aromatic N) is 2. The molecule has 1 atom stereocenters. The molecule has 0 saturated carbocycles. The first-order valence-corrected chi connectivity index (χ1v) is 11.0. The van der Waals surface area contributed by atoms with Gasteiger partial charge in [0.15, 0.2) is 0 Å². The first-order chi connectivity index (χ1) is 16.6. The summed E-state index contributed by atoms with van der Waals surface area (Å²) >= 11 is 0. The summed E-state index contributed by atoms with van der Waals surface area (Å²) in [5, 5.41) is 22.0. The highest BCUT2D eigenvalue weighted by molar-refractivity contribution is 6.46. The van der Waals surface area contributed by atoms with Gasteiger partial charge in [-0.3, -0.25) is 19.7 Å². The number of rotatable bonds is 9. The van der Waals surface area contributed by atoms with E-state index in [1.807, 2.05) is 13.8 Å². The van der Waals surface area contributed by atoms with Crippen molar-refractivity contribution in [2.24, 2.45) is 0 Å². The molecule has 3 rings (SSSR count). The lowest BCUT2D eigenvalue weighted by molar-refractivity contribution is -0.384. The van der Waals surface area contributed by atoms with E-state index in [-0.39, 0.29) is 35.0 Å². The number of amides is 1. The summed E-state index contributed by atoms with van der Waals surface area (Å²) in [6.07, 6.45) is 0.466. The fourth-order valence-electron chi connectivity index (χ4n) is 3.83. The van der Waals surface area contributed by atoms with Crippen molar-refractivity contribution < 1.29 is 33.9 Å². The van der Waals surface area contributed by atoms with Crippen molar-refractivity contribution in [1.29, 1.82) is 0 Å². The molecule has 10 heteroatoms. The Morgan fingerprint density at radius 1 is 1.09 bits per heavy atom. The predicted molar refractivity (Wildman–Crippen MR) is 126 cm³/mol. The number of carbonyl (C=O) groups is 3. The van der Waals surface area contributed by atoms with Crippen molar-refractivity contribution in [3.63, 3.8) is 0 Å². The number of methoxy groups -OCH3 is 1. The van der Waals surface area contributed by atoms with E-state index in [0.717, 1.165) is 0 Å². The van der Waals surface area contributed by atoms with Crippen molar-refractivity contribution in [2.45, 2.75) is 32.4 Å². The first kappa shape index (κ1) is 25.6. The Balaban J connectivity index is 2.04. The second-order valence-electron chi connectivity index (χ2n) is 8.18. The van der Waals surface area contributed by atoms with Crippen LogP contribution in [0.15, 0.2) is 54.1 Å². The van der Waals surface area contributed by atoms with Gasteiger partial charge in [0.2, 0.25) is 0 Å². The molecule has 2 aromatic carbocycles. The van der Waals surface area contributed by atoms with Crippen LogP contribution in [0.1, 0.15) is 47.8 Å².